The van der Waals surface area contributed by atoms with Gasteiger partial charge in [-0.1, -0.05) is 37.8 Å². The predicted molar refractivity (Wildman–Crippen MR) is 76.5 cm³/mol. The van der Waals surface area contributed by atoms with Crippen LogP contribution in [0.2, 0.25) is 19.6 Å². The van der Waals surface area contributed by atoms with Crippen molar-refractivity contribution in [3.63, 3.8) is 0 Å². The van der Waals surface area contributed by atoms with E-state index in [0.29, 0.717) is 12.3 Å². The Morgan fingerprint density at radius 2 is 1.89 bits per heavy atom. The second-order valence-corrected chi connectivity index (χ2v) is 11.1. The molecule has 0 aliphatic carbocycles. The first-order valence-electron chi connectivity index (χ1n) is 6.47. The maximum absolute atomic E-state index is 12.0. The summed E-state index contributed by atoms with van der Waals surface area (Å²) in [6.07, 6.45) is 0. The van der Waals surface area contributed by atoms with E-state index < -0.39 is 8.07 Å². The van der Waals surface area contributed by atoms with Crippen molar-refractivity contribution in [2.75, 3.05) is 11.5 Å². The third-order valence-corrected chi connectivity index (χ3v) is 5.65. The van der Waals surface area contributed by atoms with Crippen molar-refractivity contribution in [2.24, 2.45) is 0 Å². The molecule has 0 radical (unpaired) electrons. The number of esters is 1. The van der Waals surface area contributed by atoms with E-state index in [1.165, 1.54) is 0 Å². The van der Waals surface area contributed by atoms with Gasteiger partial charge in [0.1, 0.15) is 6.04 Å². The molecule has 2 atom stereocenters. The van der Waals surface area contributed by atoms with Gasteiger partial charge in [-0.25, -0.2) is 4.79 Å². The number of para-hydroxylation sites is 1. The highest BCUT2D eigenvalue weighted by molar-refractivity contribution is 6.80. The van der Waals surface area contributed by atoms with Crippen LogP contribution in [-0.4, -0.2) is 32.4 Å². The van der Waals surface area contributed by atoms with Crippen LogP contribution >= 0.6 is 0 Å². The predicted octanol–water partition coefficient (Wildman–Crippen LogP) is 2.68. The molecule has 1 saturated heterocycles. The Bertz CT molecular complexity index is 427. The Kier molecular flexibility index (Phi) is 3.48. The summed E-state index contributed by atoms with van der Waals surface area (Å²) in [6.45, 7) is 9.21. The van der Waals surface area contributed by atoms with Gasteiger partial charge in [-0.3, -0.25) is 0 Å². The minimum absolute atomic E-state index is 0.0704. The van der Waals surface area contributed by atoms with Crippen molar-refractivity contribution in [1.82, 2.24) is 0 Å². The molecule has 4 heteroatoms. The molecule has 0 N–H and O–H groups in total. The number of carbonyl (C=O) groups is 1. The first-order chi connectivity index (χ1) is 8.46. The zero-order chi connectivity index (χ0) is 13.3. The summed E-state index contributed by atoms with van der Waals surface area (Å²) in [4.78, 5) is 14.2. The molecule has 1 aromatic rings. The fourth-order valence-electron chi connectivity index (χ4n) is 2.51. The molecule has 98 valence electrons. The Morgan fingerprint density at radius 3 is 2.39 bits per heavy atom. The van der Waals surface area contributed by atoms with Crippen LogP contribution in [0.1, 0.15) is 6.92 Å². The Labute approximate surface area is 110 Å². The monoisotopic (exact) mass is 263 g/mol. The zero-order valence-corrected chi connectivity index (χ0v) is 12.5. The molecule has 1 aliphatic rings. The van der Waals surface area contributed by atoms with Crippen molar-refractivity contribution < 1.29 is 9.53 Å². The van der Waals surface area contributed by atoms with Crippen LogP contribution < -0.4 is 4.90 Å². The van der Waals surface area contributed by atoms with E-state index in [-0.39, 0.29) is 12.0 Å². The largest absolute Gasteiger partial charge is 0.464 e. The maximum atomic E-state index is 12.0. The van der Waals surface area contributed by atoms with Crippen LogP contribution in [-0.2, 0) is 9.53 Å². The zero-order valence-electron chi connectivity index (χ0n) is 11.5. The van der Waals surface area contributed by atoms with E-state index in [0.717, 1.165) is 5.69 Å². The summed E-state index contributed by atoms with van der Waals surface area (Å²) >= 11 is 0. The van der Waals surface area contributed by atoms with E-state index in [1.54, 1.807) is 0 Å². The first-order valence-corrected chi connectivity index (χ1v) is 10.0. The first kappa shape index (κ1) is 13.1. The molecule has 0 amide bonds. The average molecular weight is 263 g/mol. The van der Waals surface area contributed by atoms with E-state index >= 15 is 0 Å². The topological polar surface area (TPSA) is 29.3 Å². The van der Waals surface area contributed by atoms with Gasteiger partial charge in [0.2, 0.25) is 0 Å². The molecule has 3 nitrogen and oxygen atoms in total. The second-order valence-electron chi connectivity index (χ2n) is 5.75. The molecular weight excluding hydrogens is 242 g/mol. The standard InChI is InChI=1S/C14H21NO2Si/c1-5-17-14(16)12-13(18(2,3)4)15(12)11-9-7-6-8-10-11/h6-10,12-13H,5H2,1-4H3/t12-,13-,15?/m1/s1. The third-order valence-electron chi connectivity index (χ3n) is 3.28. The van der Waals surface area contributed by atoms with E-state index in [4.69, 9.17) is 4.74 Å². The number of anilines is 1. The molecule has 0 spiro atoms. The molecule has 1 aliphatic heterocycles. The number of nitrogens with zero attached hydrogens (tertiary/aromatic N) is 1. The van der Waals surface area contributed by atoms with Gasteiger partial charge in [0, 0.05) is 5.69 Å². The number of hydrogen-bond acceptors (Lipinski definition) is 3. The summed E-state index contributed by atoms with van der Waals surface area (Å²) in [5.74, 6) is -0.0752. The summed E-state index contributed by atoms with van der Waals surface area (Å²) in [7, 11) is -1.40. The van der Waals surface area contributed by atoms with Gasteiger partial charge in [0.15, 0.2) is 0 Å². The van der Waals surface area contributed by atoms with E-state index in [9.17, 15) is 4.79 Å². The van der Waals surface area contributed by atoms with Crippen LogP contribution in [0.5, 0.6) is 0 Å². The van der Waals surface area contributed by atoms with E-state index in [1.807, 2.05) is 25.1 Å². The minimum atomic E-state index is -1.40. The molecule has 0 saturated carbocycles. The molecule has 0 unspecified atom stereocenters. The number of hydrogen-bond donors (Lipinski definition) is 0. The highest BCUT2D eigenvalue weighted by Crippen LogP contribution is 2.41. The lowest BCUT2D eigenvalue weighted by Crippen LogP contribution is -2.33. The fraction of sp³-hybridized carbons (Fsp3) is 0.500. The summed E-state index contributed by atoms with van der Waals surface area (Å²) in [5.41, 5.74) is 1.49. The quantitative estimate of drug-likeness (QED) is 0.475. The lowest BCUT2D eigenvalue weighted by molar-refractivity contribution is -0.142. The average Bonchev–Trinajstić information content (AvgIpc) is 3.05. The minimum Gasteiger partial charge on any atom is -0.464 e. The number of ether oxygens (including phenoxy) is 1. The SMILES string of the molecule is CCOC(=O)[C@H]1[C@@H]([Si](C)(C)C)N1c1ccccc1. The second kappa shape index (κ2) is 4.76. The summed E-state index contributed by atoms with van der Waals surface area (Å²) < 4.78 is 5.18. The number of carbonyl (C=O) groups excluding carboxylic acids is 1. The Balaban J connectivity index is 2.21. The van der Waals surface area contributed by atoms with Crippen LogP contribution in [0, 0.1) is 0 Å². The molecule has 0 aromatic heterocycles. The molecule has 0 bridgehead atoms. The van der Waals surface area contributed by atoms with Crippen LogP contribution in [0.3, 0.4) is 0 Å². The molecular formula is C14H21NO2Si. The van der Waals surface area contributed by atoms with Gasteiger partial charge < -0.3 is 9.64 Å². The van der Waals surface area contributed by atoms with Gasteiger partial charge in [-0.15, -0.1) is 0 Å². The van der Waals surface area contributed by atoms with Crippen LogP contribution in [0.4, 0.5) is 5.69 Å². The maximum Gasteiger partial charge on any atom is 0.330 e. The number of benzene rings is 1. The van der Waals surface area contributed by atoms with Crippen molar-refractivity contribution >= 4 is 19.7 Å². The van der Waals surface area contributed by atoms with Crippen molar-refractivity contribution in [3.8, 4) is 0 Å². The normalized spacial score (nSPS) is 22.8. The highest BCUT2D eigenvalue weighted by Gasteiger charge is 2.59. The molecule has 2 rings (SSSR count). The molecule has 1 fully saturated rings. The highest BCUT2D eigenvalue weighted by atomic mass is 28.3. The Morgan fingerprint density at radius 1 is 1.28 bits per heavy atom. The van der Waals surface area contributed by atoms with Gasteiger partial charge in [0.05, 0.1) is 20.3 Å². The summed E-state index contributed by atoms with van der Waals surface area (Å²) in [5, 5.41) is 0. The fourth-order valence-corrected chi connectivity index (χ4v) is 4.82. The van der Waals surface area contributed by atoms with E-state index in [2.05, 4.69) is 36.7 Å². The van der Waals surface area contributed by atoms with Gasteiger partial charge in [-0.2, -0.15) is 0 Å². The lowest BCUT2D eigenvalue weighted by Gasteiger charge is -2.15. The lowest BCUT2D eigenvalue weighted by atomic mass is 10.3. The van der Waals surface area contributed by atoms with Gasteiger partial charge in [0.25, 0.3) is 0 Å². The van der Waals surface area contributed by atoms with Crippen molar-refractivity contribution in [1.29, 1.82) is 0 Å². The molecule has 1 aromatic carbocycles. The summed E-state index contributed by atoms with van der Waals surface area (Å²) in [6, 6.07) is 10.1. The smallest absolute Gasteiger partial charge is 0.330 e. The van der Waals surface area contributed by atoms with Gasteiger partial charge >= 0.3 is 5.97 Å². The number of rotatable bonds is 4. The third kappa shape index (κ3) is 2.43. The Hall–Kier alpha value is -1.29. The van der Waals surface area contributed by atoms with Gasteiger partial charge in [-0.05, 0) is 19.1 Å². The van der Waals surface area contributed by atoms with Crippen molar-refractivity contribution in [3.05, 3.63) is 30.3 Å². The van der Waals surface area contributed by atoms with Crippen LogP contribution in [0.15, 0.2) is 30.3 Å². The molecule has 18 heavy (non-hydrogen) atoms. The molecule has 1 heterocycles. The van der Waals surface area contributed by atoms with Crippen LogP contribution in [0.25, 0.3) is 0 Å². The van der Waals surface area contributed by atoms with Crippen molar-refractivity contribution in [2.45, 2.75) is 38.3 Å².